The van der Waals surface area contributed by atoms with E-state index < -0.39 is 18.0 Å². The highest BCUT2D eigenvalue weighted by Gasteiger charge is 2.40. The van der Waals surface area contributed by atoms with Crippen LogP contribution in [0.1, 0.15) is 75.7 Å². The lowest BCUT2D eigenvalue weighted by atomic mass is 9.94. The summed E-state index contributed by atoms with van der Waals surface area (Å²) >= 11 is 0. The van der Waals surface area contributed by atoms with Crippen molar-refractivity contribution in [1.82, 2.24) is 4.90 Å². The first kappa shape index (κ1) is 21.7. The summed E-state index contributed by atoms with van der Waals surface area (Å²) in [4.78, 5) is 52.1. The van der Waals surface area contributed by atoms with E-state index in [2.05, 4.69) is 5.32 Å². The number of carbonyl (C=O) groups excluding carboxylic acids is 4. The molecule has 2 aromatic rings. The molecular weight excluding hydrogens is 408 g/mol. The van der Waals surface area contributed by atoms with E-state index in [0.29, 0.717) is 11.3 Å². The van der Waals surface area contributed by atoms with Gasteiger partial charge >= 0.3 is 5.97 Å². The van der Waals surface area contributed by atoms with Gasteiger partial charge in [0.05, 0.1) is 16.7 Å². The van der Waals surface area contributed by atoms with E-state index in [4.69, 9.17) is 4.74 Å². The second kappa shape index (κ2) is 8.94. The summed E-state index contributed by atoms with van der Waals surface area (Å²) in [7, 11) is 0. The normalized spacial score (nSPS) is 17.1. The first-order valence-corrected chi connectivity index (χ1v) is 11.0. The topological polar surface area (TPSA) is 92.8 Å². The number of aryl methyl sites for hydroxylation is 1. The van der Waals surface area contributed by atoms with Gasteiger partial charge in [0.15, 0.2) is 6.10 Å². The fraction of sp³-hybridized carbons (Fsp3) is 0.360. The Morgan fingerprint density at radius 1 is 1.00 bits per heavy atom. The molecule has 7 nitrogen and oxygen atoms in total. The Bertz CT molecular complexity index is 1090. The van der Waals surface area contributed by atoms with Gasteiger partial charge in [0.1, 0.15) is 0 Å². The molecule has 7 heteroatoms. The Hall–Kier alpha value is -3.48. The van der Waals surface area contributed by atoms with Crippen molar-refractivity contribution in [2.24, 2.45) is 0 Å². The lowest BCUT2D eigenvalue weighted by Crippen LogP contribution is -2.40. The summed E-state index contributed by atoms with van der Waals surface area (Å²) in [6.45, 7) is 3.35. The molecule has 0 saturated heterocycles. The Kier molecular flexibility index (Phi) is 6.08. The largest absolute Gasteiger partial charge is 0.449 e. The van der Waals surface area contributed by atoms with Gasteiger partial charge in [-0.1, -0.05) is 37.5 Å². The van der Waals surface area contributed by atoms with Gasteiger partial charge in [-0.15, -0.1) is 0 Å². The molecule has 0 radical (unpaired) electrons. The number of nitrogens with zero attached hydrogens (tertiary/aromatic N) is 1. The monoisotopic (exact) mass is 434 g/mol. The molecule has 1 saturated carbocycles. The number of benzene rings is 2. The van der Waals surface area contributed by atoms with Crippen molar-refractivity contribution < 1.29 is 23.9 Å². The quantitative estimate of drug-likeness (QED) is 0.565. The van der Waals surface area contributed by atoms with Gasteiger partial charge < -0.3 is 10.1 Å². The molecule has 1 atom stereocenters. The van der Waals surface area contributed by atoms with Crippen molar-refractivity contribution in [2.45, 2.75) is 58.1 Å². The number of fused-ring (bicyclic) bond motifs is 1. The van der Waals surface area contributed by atoms with Crippen LogP contribution in [0.15, 0.2) is 42.5 Å². The zero-order valence-electron chi connectivity index (χ0n) is 18.2. The average molecular weight is 434 g/mol. The molecule has 4 rings (SSSR count). The van der Waals surface area contributed by atoms with Crippen LogP contribution in [-0.2, 0) is 9.53 Å². The molecule has 1 fully saturated rings. The SMILES string of the molecule is Cc1ccccc1NC(=O)C(C)OC(=O)c1ccc2c(c1)C(=O)N(C1CCCCC1)C2=O. The minimum atomic E-state index is -1.04. The van der Waals surface area contributed by atoms with Crippen molar-refractivity contribution in [3.63, 3.8) is 0 Å². The maximum absolute atomic E-state index is 12.9. The molecule has 166 valence electrons. The first-order chi connectivity index (χ1) is 15.4. The summed E-state index contributed by atoms with van der Waals surface area (Å²) < 4.78 is 5.31. The van der Waals surface area contributed by atoms with Crippen LogP contribution in [0.25, 0.3) is 0 Å². The molecule has 3 amide bonds. The molecule has 1 unspecified atom stereocenters. The van der Waals surface area contributed by atoms with Gasteiger partial charge in [0, 0.05) is 11.7 Å². The molecule has 1 N–H and O–H groups in total. The molecule has 1 aliphatic heterocycles. The summed E-state index contributed by atoms with van der Waals surface area (Å²) in [5.41, 5.74) is 2.19. The van der Waals surface area contributed by atoms with Crippen LogP contribution in [0, 0.1) is 6.92 Å². The van der Waals surface area contributed by atoms with E-state index in [9.17, 15) is 19.2 Å². The predicted octanol–water partition coefficient (Wildman–Crippen LogP) is 4.11. The second-order valence-corrected chi connectivity index (χ2v) is 8.38. The van der Waals surface area contributed by atoms with Crippen LogP contribution in [0.2, 0.25) is 0 Å². The predicted molar refractivity (Wildman–Crippen MR) is 119 cm³/mol. The number of para-hydroxylation sites is 1. The molecule has 2 aliphatic rings. The standard InChI is InChI=1S/C25H26N2O5/c1-15-8-6-7-11-21(15)26-22(28)16(2)32-25(31)17-12-13-19-20(14-17)24(30)27(23(19)29)18-9-4-3-5-10-18/h6-8,11-14,16,18H,3-5,9-10H2,1-2H3,(H,26,28). The zero-order valence-corrected chi connectivity index (χ0v) is 18.2. The fourth-order valence-electron chi connectivity index (χ4n) is 4.29. The smallest absolute Gasteiger partial charge is 0.338 e. The number of amides is 3. The highest BCUT2D eigenvalue weighted by molar-refractivity contribution is 6.22. The van der Waals surface area contributed by atoms with Crippen LogP contribution in [-0.4, -0.2) is 40.7 Å². The van der Waals surface area contributed by atoms with E-state index in [1.807, 2.05) is 19.1 Å². The van der Waals surface area contributed by atoms with E-state index in [1.165, 1.54) is 30.0 Å². The zero-order chi connectivity index (χ0) is 22.8. The first-order valence-electron chi connectivity index (χ1n) is 11.0. The maximum Gasteiger partial charge on any atom is 0.338 e. The van der Waals surface area contributed by atoms with Crippen LogP contribution in [0.5, 0.6) is 0 Å². The lowest BCUT2D eigenvalue weighted by molar-refractivity contribution is -0.123. The fourth-order valence-corrected chi connectivity index (χ4v) is 4.29. The molecule has 1 aliphatic carbocycles. The minimum absolute atomic E-state index is 0.0864. The van der Waals surface area contributed by atoms with Gasteiger partial charge in [0.25, 0.3) is 17.7 Å². The number of rotatable bonds is 5. The van der Waals surface area contributed by atoms with Crippen molar-refractivity contribution >= 4 is 29.4 Å². The third-order valence-corrected chi connectivity index (χ3v) is 6.15. The number of esters is 1. The molecule has 0 bridgehead atoms. The summed E-state index contributed by atoms with van der Waals surface area (Å²) in [6.07, 6.45) is 3.70. The summed E-state index contributed by atoms with van der Waals surface area (Å²) in [5.74, 6) is -1.85. The van der Waals surface area contributed by atoms with Gasteiger partial charge in [-0.3, -0.25) is 19.3 Å². The molecule has 1 heterocycles. The van der Waals surface area contributed by atoms with Crippen LogP contribution in [0.4, 0.5) is 5.69 Å². The Morgan fingerprint density at radius 3 is 2.41 bits per heavy atom. The van der Waals surface area contributed by atoms with E-state index in [0.717, 1.165) is 37.7 Å². The van der Waals surface area contributed by atoms with Crippen LogP contribution < -0.4 is 5.32 Å². The molecule has 2 aromatic carbocycles. The third kappa shape index (κ3) is 4.15. The van der Waals surface area contributed by atoms with Gasteiger partial charge in [-0.2, -0.15) is 0 Å². The van der Waals surface area contributed by atoms with Crippen LogP contribution >= 0.6 is 0 Å². The van der Waals surface area contributed by atoms with Gasteiger partial charge in [-0.05, 0) is 56.5 Å². The van der Waals surface area contributed by atoms with E-state index >= 15 is 0 Å². The number of anilines is 1. The maximum atomic E-state index is 12.9. The lowest BCUT2D eigenvalue weighted by Gasteiger charge is -2.29. The highest BCUT2D eigenvalue weighted by Crippen LogP contribution is 2.31. The summed E-state index contributed by atoms with van der Waals surface area (Å²) in [5, 5.41) is 2.74. The Morgan fingerprint density at radius 2 is 1.69 bits per heavy atom. The third-order valence-electron chi connectivity index (χ3n) is 6.15. The molecule has 32 heavy (non-hydrogen) atoms. The highest BCUT2D eigenvalue weighted by atomic mass is 16.5. The number of imide groups is 1. The van der Waals surface area contributed by atoms with E-state index in [-0.39, 0.29) is 29.0 Å². The van der Waals surface area contributed by atoms with Crippen molar-refractivity contribution in [2.75, 3.05) is 5.32 Å². The van der Waals surface area contributed by atoms with Crippen molar-refractivity contribution in [1.29, 1.82) is 0 Å². The molecule has 0 aromatic heterocycles. The number of hydrogen-bond donors (Lipinski definition) is 1. The van der Waals surface area contributed by atoms with Crippen molar-refractivity contribution in [3.8, 4) is 0 Å². The van der Waals surface area contributed by atoms with E-state index in [1.54, 1.807) is 12.1 Å². The Labute approximate surface area is 186 Å². The molecular formula is C25H26N2O5. The minimum Gasteiger partial charge on any atom is -0.449 e. The van der Waals surface area contributed by atoms with Crippen LogP contribution in [0.3, 0.4) is 0 Å². The van der Waals surface area contributed by atoms with Crippen molar-refractivity contribution in [3.05, 3.63) is 64.7 Å². The van der Waals surface area contributed by atoms with Gasteiger partial charge in [0.2, 0.25) is 0 Å². The number of carbonyl (C=O) groups is 4. The average Bonchev–Trinajstić information content (AvgIpc) is 3.05. The number of ether oxygens (including phenoxy) is 1. The second-order valence-electron chi connectivity index (χ2n) is 8.38. The molecule has 0 spiro atoms. The number of nitrogens with one attached hydrogen (secondary N) is 1. The summed E-state index contributed by atoms with van der Waals surface area (Å²) in [6, 6.07) is 11.6. The van der Waals surface area contributed by atoms with Gasteiger partial charge in [-0.25, -0.2) is 4.79 Å². The number of hydrogen-bond acceptors (Lipinski definition) is 5. The Balaban J connectivity index is 1.45.